The lowest BCUT2D eigenvalue weighted by molar-refractivity contribution is 1.20. The molecule has 3 rings (SSSR count). The van der Waals surface area contributed by atoms with E-state index in [1.807, 2.05) is 23.6 Å². The molecular formula is C17H16N2S. The molecule has 3 aromatic rings. The van der Waals surface area contributed by atoms with Crippen molar-refractivity contribution in [3.05, 3.63) is 70.9 Å². The molecular weight excluding hydrogens is 264 g/mol. The number of nitrogens with one attached hydrogen (secondary N) is 1. The molecule has 0 bridgehead atoms. The zero-order valence-electron chi connectivity index (χ0n) is 11.0. The van der Waals surface area contributed by atoms with Gasteiger partial charge in [0.2, 0.25) is 0 Å². The monoisotopic (exact) mass is 280 g/mol. The molecule has 0 aliphatic heterocycles. The number of benzene rings is 2. The van der Waals surface area contributed by atoms with Crippen molar-refractivity contribution in [1.82, 2.24) is 0 Å². The van der Waals surface area contributed by atoms with Gasteiger partial charge < -0.3 is 11.1 Å². The second-order valence-electron chi connectivity index (χ2n) is 4.56. The molecule has 0 spiro atoms. The van der Waals surface area contributed by atoms with Crippen molar-refractivity contribution in [2.24, 2.45) is 0 Å². The lowest BCUT2D eigenvalue weighted by Crippen LogP contribution is -2.01. The molecule has 2 aromatic carbocycles. The van der Waals surface area contributed by atoms with E-state index in [2.05, 4.69) is 47.8 Å². The molecule has 0 fully saturated rings. The average molecular weight is 280 g/mol. The molecule has 0 amide bonds. The lowest BCUT2D eigenvalue weighted by Gasteiger charge is -2.12. The fourth-order valence-electron chi connectivity index (χ4n) is 2.18. The van der Waals surface area contributed by atoms with Gasteiger partial charge in [0, 0.05) is 21.8 Å². The Bertz CT molecular complexity index is 689. The standard InChI is InChI=1S/C17H16N2S/c18-15-10-11-20-17(15)12-19-16-9-5-4-8-14(16)13-6-2-1-3-7-13/h1-11,19H,12,18H2. The topological polar surface area (TPSA) is 38.0 Å². The molecule has 0 saturated carbocycles. The number of anilines is 2. The number of nitrogen functional groups attached to an aromatic ring is 1. The predicted molar refractivity (Wildman–Crippen MR) is 87.9 cm³/mol. The second-order valence-corrected chi connectivity index (χ2v) is 5.56. The van der Waals surface area contributed by atoms with Crippen LogP contribution >= 0.6 is 11.3 Å². The van der Waals surface area contributed by atoms with Crippen molar-refractivity contribution in [2.75, 3.05) is 11.1 Å². The Morgan fingerprint density at radius 2 is 1.65 bits per heavy atom. The SMILES string of the molecule is Nc1ccsc1CNc1ccccc1-c1ccccc1. The van der Waals surface area contributed by atoms with Crippen LogP contribution in [-0.2, 0) is 6.54 Å². The third kappa shape index (κ3) is 2.68. The van der Waals surface area contributed by atoms with E-state index in [0.29, 0.717) is 0 Å². The van der Waals surface area contributed by atoms with E-state index in [0.717, 1.165) is 17.9 Å². The largest absolute Gasteiger partial charge is 0.398 e. The van der Waals surface area contributed by atoms with Gasteiger partial charge in [-0.2, -0.15) is 0 Å². The summed E-state index contributed by atoms with van der Waals surface area (Å²) in [4.78, 5) is 1.17. The summed E-state index contributed by atoms with van der Waals surface area (Å²) in [6.07, 6.45) is 0. The Balaban J connectivity index is 1.85. The molecule has 0 saturated heterocycles. The third-order valence-corrected chi connectivity index (χ3v) is 4.17. The van der Waals surface area contributed by atoms with Crippen molar-refractivity contribution in [2.45, 2.75) is 6.54 Å². The van der Waals surface area contributed by atoms with Crippen molar-refractivity contribution in [3.63, 3.8) is 0 Å². The first-order valence-corrected chi connectivity index (χ1v) is 7.43. The van der Waals surface area contributed by atoms with Crippen molar-refractivity contribution in [1.29, 1.82) is 0 Å². The van der Waals surface area contributed by atoms with Gasteiger partial charge in [-0.3, -0.25) is 0 Å². The van der Waals surface area contributed by atoms with Crippen LogP contribution in [0.1, 0.15) is 4.88 Å². The fraction of sp³-hybridized carbons (Fsp3) is 0.0588. The molecule has 100 valence electrons. The Morgan fingerprint density at radius 3 is 2.40 bits per heavy atom. The predicted octanol–water partition coefficient (Wildman–Crippen LogP) is 4.61. The zero-order chi connectivity index (χ0) is 13.8. The van der Waals surface area contributed by atoms with Gasteiger partial charge in [0.15, 0.2) is 0 Å². The Morgan fingerprint density at radius 1 is 0.900 bits per heavy atom. The van der Waals surface area contributed by atoms with Gasteiger partial charge in [0.25, 0.3) is 0 Å². The van der Waals surface area contributed by atoms with Crippen LogP contribution in [-0.4, -0.2) is 0 Å². The van der Waals surface area contributed by atoms with Crippen LogP contribution in [0.25, 0.3) is 11.1 Å². The van der Waals surface area contributed by atoms with E-state index in [9.17, 15) is 0 Å². The maximum atomic E-state index is 5.92. The summed E-state index contributed by atoms with van der Waals surface area (Å²) in [6, 6.07) is 20.7. The highest BCUT2D eigenvalue weighted by molar-refractivity contribution is 7.10. The number of hydrogen-bond acceptors (Lipinski definition) is 3. The molecule has 0 unspecified atom stereocenters. The summed E-state index contributed by atoms with van der Waals surface area (Å²) in [7, 11) is 0. The normalized spacial score (nSPS) is 10.4. The van der Waals surface area contributed by atoms with Gasteiger partial charge in [-0.25, -0.2) is 0 Å². The van der Waals surface area contributed by atoms with Crippen LogP contribution in [0.4, 0.5) is 11.4 Å². The Hall–Kier alpha value is -2.26. The van der Waals surface area contributed by atoms with Crippen molar-refractivity contribution >= 4 is 22.7 Å². The summed E-state index contributed by atoms with van der Waals surface area (Å²) in [5, 5.41) is 5.51. The molecule has 1 heterocycles. The van der Waals surface area contributed by atoms with Gasteiger partial charge in [-0.1, -0.05) is 48.5 Å². The van der Waals surface area contributed by atoms with Gasteiger partial charge in [0.1, 0.15) is 0 Å². The van der Waals surface area contributed by atoms with Crippen LogP contribution < -0.4 is 11.1 Å². The van der Waals surface area contributed by atoms with Gasteiger partial charge >= 0.3 is 0 Å². The van der Waals surface area contributed by atoms with Crippen molar-refractivity contribution in [3.8, 4) is 11.1 Å². The lowest BCUT2D eigenvalue weighted by atomic mass is 10.0. The number of thiophene rings is 1. The summed E-state index contributed by atoms with van der Waals surface area (Å²) < 4.78 is 0. The minimum absolute atomic E-state index is 0.757. The van der Waals surface area contributed by atoms with E-state index >= 15 is 0 Å². The second kappa shape index (κ2) is 5.80. The molecule has 0 radical (unpaired) electrons. The fourth-order valence-corrected chi connectivity index (χ4v) is 2.91. The third-order valence-electron chi connectivity index (χ3n) is 3.23. The molecule has 1 aromatic heterocycles. The summed E-state index contributed by atoms with van der Waals surface area (Å²) in [5.41, 5.74) is 10.3. The first-order valence-electron chi connectivity index (χ1n) is 6.55. The zero-order valence-corrected chi connectivity index (χ0v) is 11.9. The molecule has 3 N–H and O–H groups in total. The van der Waals surface area contributed by atoms with Gasteiger partial charge in [0.05, 0.1) is 6.54 Å². The van der Waals surface area contributed by atoms with Crippen LogP contribution in [0.3, 0.4) is 0 Å². The molecule has 0 atom stereocenters. The van der Waals surface area contributed by atoms with Crippen LogP contribution in [0.15, 0.2) is 66.0 Å². The highest BCUT2D eigenvalue weighted by Gasteiger charge is 2.05. The van der Waals surface area contributed by atoms with E-state index in [4.69, 9.17) is 5.73 Å². The summed E-state index contributed by atoms with van der Waals surface area (Å²) >= 11 is 1.68. The molecule has 2 nitrogen and oxygen atoms in total. The minimum Gasteiger partial charge on any atom is -0.398 e. The van der Waals surface area contributed by atoms with Crippen LogP contribution in [0, 0.1) is 0 Å². The average Bonchev–Trinajstić information content (AvgIpc) is 2.92. The first kappa shape index (κ1) is 12.8. The number of rotatable bonds is 4. The highest BCUT2D eigenvalue weighted by atomic mass is 32.1. The van der Waals surface area contributed by atoms with E-state index in [-0.39, 0.29) is 0 Å². The quantitative estimate of drug-likeness (QED) is 0.732. The molecule has 3 heteroatoms. The first-order chi connectivity index (χ1) is 9.84. The molecule has 0 aliphatic carbocycles. The summed E-state index contributed by atoms with van der Waals surface area (Å²) in [6.45, 7) is 0.757. The number of hydrogen-bond donors (Lipinski definition) is 2. The number of para-hydroxylation sites is 1. The van der Waals surface area contributed by atoms with E-state index < -0.39 is 0 Å². The smallest absolute Gasteiger partial charge is 0.0515 e. The highest BCUT2D eigenvalue weighted by Crippen LogP contribution is 2.29. The van der Waals surface area contributed by atoms with Crippen LogP contribution in [0.2, 0.25) is 0 Å². The van der Waals surface area contributed by atoms with Gasteiger partial charge in [-0.05, 0) is 23.1 Å². The number of nitrogens with two attached hydrogens (primary N) is 1. The van der Waals surface area contributed by atoms with Gasteiger partial charge in [-0.15, -0.1) is 11.3 Å². The molecule has 20 heavy (non-hydrogen) atoms. The van der Waals surface area contributed by atoms with E-state index in [1.165, 1.54) is 16.0 Å². The Kier molecular flexibility index (Phi) is 3.70. The Labute approximate surface area is 122 Å². The summed E-state index contributed by atoms with van der Waals surface area (Å²) in [5.74, 6) is 0. The molecule has 0 aliphatic rings. The minimum atomic E-state index is 0.757. The maximum absolute atomic E-state index is 5.92. The van der Waals surface area contributed by atoms with Crippen molar-refractivity contribution < 1.29 is 0 Å². The van der Waals surface area contributed by atoms with E-state index in [1.54, 1.807) is 11.3 Å². The van der Waals surface area contributed by atoms with Crippen LogP contribution in [0.5, 0.6) is 0 Å². The maximum Gasteiger partial charge on any atom is 0.0515 e.